The Labute approximate surface area is 192 Å². The second-order valence-electron chi connectivity index (χ2n) is 9.73. The minimum Gasteiger partial charge on any atom is -0.380 e. The van der Waals surface area contributed by atoms with Gasteiger partial charge in [0, 0.05) is 49.9 Å². The van der Waals surface area contributed by atoms with E-state index >= 15 is 0 Å². The van der Waals surface area contributed by atoms with E-state index in [9.17, 15) is 28.8 Å². The van der Waals surface area contributed by atoms with Crippen molar-refractivity contribution in [2.45, 2.75) is 53.4 Å². The van der Waals surface area contributed by atoms with Crippen LogP contribution < -0.4 is 5.32 Å². The van der Waals surface area contributed by atoms with Gasteiger partial charge in [0.2, 0.25) is 5.91 Å². The van der Waals surface area contributed by atoms with E-state index in [2.05, 4.69) is 5.32 Å². The van der Waals surface area contributed by atoms with Crippen LogP contribution in [0.4, 0.5) is 0 Å². The summed E-state index contributed by atoms with van der Waals surface area (Å²) in [5, 5.41) is 3.30. The number of nitrogens with zero attached hydrogens (tertiary/aromatic N) is 2. The first kappa shape index (κ1) is 26.2. The van der Waals surface area contributed by atoms with Gasteiger partial charge in [0.05, 0.1) is 19.6 Å². The molecule has 33 heavy (non-hydrogen) atoms. The van der Waals surface area contributed by atoms with Crippen molar-refractivity contribution in [3.63, 3.8) is 0 Å². The fourth-order valence-corrected chi connectivity index (χ4v) is 3.18. The molecule has 11 nitrogen and oxygen atoms in total. The second kappa shape index (κ2) is 10.7. The van der Waals surface area contributed by atoms with Gasteiger partial charge >= 0.3 is 5.97 Å². The van der Waals surface area contributed by atoms with Crippen molar-refractivity contribution in [2.24, 2.45) is 10.8 Å². The average molecular weight is 466 g/mol. The molecule has 2 heterocycles. The van der Waals surface area contributed by atoms with Gasteiger partial charge < -0.3 is 14.9 Å². The van der Waals surface area contributed by atoms with Gasteiger partial charge in [0.25, 0.3) is 23.6 Å². The Morgan fingerprint density at radius 3 is 2.06 bits per heavy atom. The van der Waals surface area contributed by atoms with Crippen LogP contribution in [0.15, 0.2) is 12.2 Å². The van der Waals surface area contributed by atoms with Gasteiger partial charge in [-0.1, -0.05) is 27.7 Å². The van der Waals surface area contributed by atoms with E-state index in [0.29, 0.717) is 18.2 Å². The fourth-order valence-electron chi connectivity index (χ4n) is 3.18. The molecule has 2 rings (SSSR count). The molecule has 1 saturated heterocycles. The maximum Gasteiger partial charge on any atom is 0.333 e. The third-order valence-electron chi connectivity index (χ3n) is 5.03. The number of hydrogen-bond acceptors (Lipinski definition) is 8. The van der Waals surface area contributed by atoms with Crippen LogP contribution in [-0.2, 0) is 38.3 Å². The summed E-state index contributed by atoms with van der Waals surface area (Å²) >= 11 is 0. The van der Waals surface area contributed by atoms with Crippen LogP contribution in [0.2, 0.25) is 0 Å². The molecule has 0 saturated carbocycles. The lowest BCUT2D eigenvalue weighted by Crippen LogP contribution is -2.40. The number of imide groups is 2. The minimum absolute atomic E-state index is 0.00721. The molecule has 0 bridgehead atoms. The summed E-state index contributed by atoms with van der Waals surface area (Å²) in [5.41, 5.74) is -1.02. The number of nitrogens with one attached hydrogen (secondary N) is 1. The Bertz CT molecular complexity index is 828. The topological polar surface area (TPSA) is 139 Å². The number of carbonyl (C=O) groups is 6. The smallest absolute Gasteiger partial charge is 0.333 e. The van der Waals surface area contributed by atoms with Gasteiger partial charge in [-0.05, 0) is 5.41 Å². The molecule has 2 aliphatic heterocycles. The zero-order chi connectivity index (χ0) is 24.8. The molecule has 0 aliphatic carbocycles. The Morgan fingerprint density at radius 2 is 1.48 bits per heavy atom. The highest BCUT2D eigenvalue weighted by atomic mass is 16.7. The van der Waals surface area contributed by atoms with Crippen LogP contribution in [-0.4, -0.2) is 71.8 Å². The van der Waals surface area contributed by atoms with Crippen molar-refractivity contribution in [1.82, 2.24) is 15.3 Å². The van der Waals surface area contributed by atoms with Gasteiger partial charge in [-0.25, -0.2) is 4.79 Å². The molecular weight excluding hydrogens is 434 g/mol. The van der Waals surface area contributed by atoms with Crippen molar-refractivity contribution in [2.75, 3.05) is 26.3 Å². The van der Waals surface area contributed by atoms with Gasteiger partial charge in [-0.2, -0.15) is 0 Å². The molecule has 0 unspecified atom stereocenters. The van der Waals surface area contributed by atoms with Crippen LogP contribution in [0.1, 0.15) is 53.4 Å². The predicted octanol–water partition coefficient (Wildman–Crippen LogP) is 0.484. The second-order valence-corrected chi connectivity index (χ2v) is 9.73. The van der Waals surface area contributed by atoms with Crippen LogP contribution in [0.3, 0.4) is 0 Å². The molecule has 0 spiro atoms. The lowest BCUT2D eigenvalue weighted by molar-refractivity contribution is -0.199. The summed E-state index contributed by atoms with van der Waals surface area (Å²) in [4.78, 5) is 76.2. The van der Waals surface area contributed by atoms with Crippen molar-refractivity contribution >= 4 is 35.5 Å². The van der Waals surface area contributed by atoms with E-state index in [1.807, 2.05) is 13.8 Å². The first-order chi connectivity index (χ1) is 15.3. The molecule has 5 amide bonds. The standard InChI is InChI=1S/C22H31N3O8/c1-21(2,11-20(31)33-25-18(29)7-8-19(25)30)13-32-14-22(3,4)12-23-15(26)9-10-24-16(27)5-6-17(24)28/h5-6H,7-14H2,1-4H3,(H,23,26). The summed E-state index contributed by atoms with van der Waals surface area (Å²) in [6, 6.07) is 0. The molecule has 1 N–H and O–H groups in total. The molecule has 0 radical (unpaired) electrons. The lowest BCUT2D eigenvalue weighted by atomic mass is 9.90. The summed E-state index contributed by atoms with van der Waals surface area (Å²) in [7, 11) is 0. The number of rotatable bonds is 12. The molecule has 0 aromatic carbocycles. The monoisotopic (exact) mass is 465 g/mol. The van der Waals surface area contributed by atoms with Crippen molar-refractivity contribution in [3.8, 4) is 0 Å². The normalized spacial score (nSPS) is 16.7. The molecular formula is C22H31N3O8. The van der Waals surface area contributed by atoms with E-state index in [0.717, 1.165) is 4.90 Å². The maximum atomic E-state index is 12.1. The molecule has 1 fully saturated rings. The van der Waals surface area contributed by atoms with Crippen LogP contribution in [0.25, 0.3) is 0 Å². The largest absolute Gasteiger partial charge is 0.380 e. The molecule has 2 aliphatic rings. The average Bonchev–Trinajstić information content (AvgIpc) is 3.19. The van der Waals surface area contributed by atoms with E-state index in [-0.39, 0.29) is 44.7 Å². The van der Waals surface area contributed by atoms with Gasteiger partial charge in [-0.15, -0.1) is 5.06 Å². The Morgan fingerprint density at radius 1 is 0.939 bits per heavy atom. The van der Waals surface area contributed by atoms with Crippen LogP contribution in [0.5, 0.6) is 0 Å². The molecule has 0 atom stereocenters. The van der Waals surface area contributed by atoms with E-state index < -0.39 is 40.4 Å². The zero-order valence-electron chi connectivity index (χ0n) is 19.5. The molecule has 182 valence electrons. The highest BCUT2D eigenvalue weighted by Gasteiger charge is 2.34. The van der Waals surface area contributed by atoms with E-state index in [1.54, 1.807) is 13.8 Å². The van der Waals surface area contributed by atoms with E-state index in [1.165, 1.54) is 12.2 Å². The SMILES string of the molecule is CC(C)(CNC(=O)CCN1C(=O)C=CC1=O)COCC(C)(C)CC(=O)ON1C(=O)CCC1=O. The van der Waals surface area contributed by atoms with E-state index in [4.69, 9.17) is 9.57 Å². The highest BCUT2D eigenvalue weighted by molar-refractivity contribution is 6.13. The number of amides is 5. The number of hydroxylamine groups is 2. The molecule has 0 aromatic heterocycles. The minimum atomic E-state index is -0.691. The summed E-state index contributed by atoms with van der Waals surface area (Å²) < 4.78 is 5.77. The number of hydrogen-bond donors (Lipinski definition) is 1. The lowest BCUT2D eigenvalue weighted by Gasteiger charge is -2.29. The van der Waals surface area contributed by atoms with Crippen LogP contribution in [0, 0.1) is 10.8 Å². The predicted molar refractivity (Wildman–Crippen MR) is 114 cm³/mol. The van der Waals surface area contributed by atoms with Crippen molar-refractivity contribution in [1.29, 1.82) is 0 Å². The fraction of sp³-hybridized carbons (Fsp3) is 0.636. The van der Waals surface area contributed by atoms with Gasteiger partial charge in [0.15, 0.2) is 0 Å². The number of ether oxygens (including phenoxy) is 1. The van der Waals surface area contributed by atoms with Crippen molar-refractivity contribution in [3.05, 3.63) is 12.2 Å². The quantitative estimate of drug-likeness (QED) is 0.411. The third kappa shape index (κ3) is 8.08. The van der Waals surface area contributed by atoms with Gasteiger partial charge in [0.1, 0.15) is 0 Å². The Balaban J connectivity index is 1.67. The summed E-state index contributed by atoms with van der Waals surface area (Å²) in [6.45, 7) is 8.24. The Hall–Kier alpha value is -3.08. The Kier molecular flexibility index (Phi) is 8.48. The summed E-state index contributed by atoms with van der Waals surface area (Å²) in [5.74, 6) is -2.88. The molecule has 0 aromatic rings. The first-order valence-electron chi connectivity index (χ1n) is 10.7. The van der Waals surface area contributed by atoms with Crippen LogP contribution >= 0.6 is 0 Å². The molecule has 11 heteroatoms. The third-order valence-corrected chi connectivity index (χ3v) is 5.03. The summed E-state index contributed by atoms with van der Waals surface area (Å²) in [6.07, 6.45) is 2.38. The highest BCUT2D eigenvalue weighted by Crippen LogP contribution is 2.24. The first-order valence-corrected chi connectivity index (χ1v) is 10.7. The zero-order valence-corrected chi connectivity index (χ0v) is 19.5. The van der Waals surface area contributed by atoms with Crippen molar-refractivity contribution < 1.29 is 38.3 Å². The van der Waals surface area contributed by atoms with Gasteiger partial charge in [-0.3, -0.25) is 28.9 Å². The number of carbonyl (C=O) groups excluding carboxylic acids is 6. The maximum absolute atomic E-state index is 12.1.